The standard InChI is InChI=1S/C17H21N3O3S/c1-18-14-6-3-7-19(10-14)16(22)13-5-2-4-12(8-13)9-20-15(21)11-24-17(20)23/h2,4-5,8,14,18H,3,6-7,9-11H2,1H3. The number of benzene rings is 1. The first kappa shape index (κ1) is 17.0. The fraction of sp³-hybridized carbons (Fsp3) is 0.471. The summed E-state index contributed by atoms with van der Waals surface area (Å²) in [6.45, 7) is 1.70. The summed E-state index contributed by atoms with van der Waals surface area (Å²) in [4.78, 5) is 39.3. The molecular formula is C17H21N3O3S. The highest BCUT2D eigenvalue weighted by Crippen LogP contribution is 2.22. The quantitative estimate of drug-likeness (QED) is 0.898. The minimum absolute atomic E-state index is 0.00486. The molecule has 1 atom stereocenters. The molecule has 1 aromatic carbocycles. The van der Waals surface area contributed by atoms with Crippen LogP contribution in [0.25, 0.3) is 0 Å². The average Bonchev–Trinajstić information content (AvgIpc) is 2.93. The van der Waals surface area contributed by atoms with E-state index >= 15 is 0 Å². The first-order valence-corrected chi connectivity index (χ1v) is 9.09. The monoisotopic (exact) mass is 347 g/mol. The van der Waals surface area contributed by atoms with Gasteiger partial charge in [-0.3, -0.25) is 19.3 Å². The van der Waals surface area contributed by atoms with Crippen molar-refractivity contribution < 1.29 is 14.4 Å². The van der Waals surface area contributed by atoms with Gasteiger partial charge in [-0.2, -0.15) is 0 Å². The van der Waals surface area contributed by atoms with Crippen molar-refractivity contribution in [1.29, 1.82) is 0 Å². The van der Waals surface area contributed by atoms with Gasteiger partial charge in [0, 0.05) is 24.7 Å². The van der Waals surface area contributed by atoms with Gasteiger partial charge in [0.25, 0.3) is 11.1 Å². The summed E-state index contributed by atoms with van der Waals surface area (Å²) in [6.07, 6.45) is 2.07. The molecule has 2 saturated heterocycles. The molecule has 0 aliphatic carbocycles. The summed E-state index contributed by atoms with van der Waals surface area (Å²) in [5.41, 5.74) is 1.41. The van der Waals surface area contributed by atoms with Gasteiger partial charge in [-0.15, -0.1) is 0 Å². The smallest absolute Gasteiger partial charge is 0.289 e. The Labute approximate surface area is 145 Å². The minimum atomic E-state index is -0.218. The molecule has 2 heterocycles. The van der Waals surface area contributed by atoms with Crippen molar-refractivity contribution in [2.24, 2.45) is 0 Å². The summed E-state index contributed by atoms with van der Waals surface area (Å²) >= 11 is 1.02. The molecule has 2 fully saturated rings. The first-order valence-electron chi connectivity index (χ1n) is 8.11. The zero-order valence-corrected chi connectivity index (χ0v) is 14.5. The van der Waals surface area contributed by atoms with Crippen molar-refractivity contribution in [2.45, 2.75) is 25.4 Å². The zero-order valence-electron chi connectivity index (χ0n) is 13.7. The Balaban J connectivity index is 1.71. The molecule has 2 aliphatic heterocycles. The highest BCUT2D eigenvalue weighted by Gasteiger charge is 2.30. The number of hydrogen-bond acceptors (Lipinski definition) is 5. The number of likely N-dealkylation sites (tertiary alicyclic amines) is 1. The largest absolute Gasteiger partial charge is 0.337 e. The van der Waals surface area contributed by atoms with Crippen LogP contribution in [0.1, 0.15) is 28.8 Å². The summed E-state index contributed by atoms with van der Waals surface area (Å²) < 4.78 is 0. The number of nitrogens with one attached hydrogen (secondary N) is 1. The molecule has 0 radical (unpaired) electrons. The first-order chi connectivity index (χ1) is 11.6. The third-order valence-corrected chi connectivity index (χ3v) is 5.33. The molecule has 0 aromatic heterocycles. The number of hydrogen-bond donors (Lipinski definition) is 1. The number of piperidine rings is 1. The normalized spacial score (nSPS) is 21.5. The van der Waals surface area contributed by atoms with E-state index in [0.29, 0.717) is 18.2 Å². The third-order valence-electron chi connectivity index (χ3n) is 4.47. The van der Waals surface area contributed by atoms with Crippen molar-refractivity contribution in [3.05, 3.63) is 35.4 Å². The fourth-order valence-corrected chi connectivity index (χ4v) is 3.82. The van der Waals surface area contributed by atoms with Crippen molar-refractivity contribution in [3.63, 3.8) is 0 Å². The molecule has 1 aromatic rings. The zero-order chi connectivity index (χ0) is 17.1. The van der Waals surface area contributed by atoms with Gasteiger partial charge < -0.3 is 10.2 Å². The predicted molar refractivity (Wildman–Crippen MR) is 92.8 cm³/mol. The van der Waals surface area contributed by atoms with Gasteiger partial charge in [0.2, 0.25) is 5.91 Å². The van der Waals surface area contributed by atoms with E-state index in [1.54, 1.807) is 18.2 Å². The maximum Gasteiger partial charge on any atom is 0.289 e. The molecule has 3 amide bonds. The lowest BCUT2D eigenvalue weighted by molar-refractivity contribution is -0.125. The highest BCUT2D eigenvalue weighted by atomic mass is 32.2. The molecule has 2 aliphatic rings. The Morgan fingerprint density at radius 3 is 2.92 bits per heavy atom. The van der Waals surface area contributed by atoms with Crippen LogP contribution in [0.2, 0.25) is 0 Å². The van der Waals surface area contributed by atoms with Crippen LogP contribution >= 0.6 is 11.8 Å². The number of rotatable bonds is 4. The van der Waals surface area contributed by atoms with Crippen LogP contribution in [-0.4, -0.2) is 58.8 Å². The second kappa shape index (κ2) is 7.36. The number of thioether (sulfide) groups is 1. The van der Waals surface area contributed by atoms with Gasteiger partial charge in [0.05, 0.1) is 12.3 Å². The molecule has 1 N–H and O–H groups in total. The molecule has 7 heteroatoms. The van der Waals surface area contributed by atoms with Crippen molar-refractivity contribution >= 4 is 28.8 Å². The Morgan fingerprint density at radius 2 is 2.21 bits per heavy atom. The second-order valence-electron chi connectivity index (χ2n) is 6.11. The Hall–Kier alpha value is -1.86. The molecule has 0 saturated carbocycles. The van der Waals surface area contributed by atoms with E-state index in [1.165, 1.54) is 4.90 Å². The summed E-state index contributed by atoms with van der Waals surface area (Å²) in [6, 6.07) is 7.56. The van der Waals surface area contributed by atoms with Gasteiger partial charge in [0.15, 0.2) is 0 Å². The van der Waals surface area contributed by atoms with E-state index in [-0.39, 0.29) is 29.4 Å². The lowest BCUT2D eigenvalue weighted by Gasteiger charge is -2.32. The Morgan fingerprint density at radius 1 is 1.38 bits per heavy atom. The average molecular weight is 347 g/mol. The number of likely N-dealkylation sites (N-methyl/N-ethyl adjacent to an activating group) is 1. The van der Waals surface area contributed by atoms with E-state index in [2.05, 4.69) is 5.32 Å². The molecule has 6 nitrogen and oxygen atoms in total. The summed E-state index contributed by atoms with van der Waals surface area (Å²) in [7, 11) is 1.92. The number of carbonyl (C=O) groups is 3. The van der Waals surface area contributed by atoms with Crippen molar-refractivity contribution in [1.82, 2.24) is 15.1 Å². The molecule has 3 rings (SSSR count). The van der Waals surface area contributed by atoms with E-state index in [9.17, 15) is 14.4 Å². The molecule has 0 spiro atoms. The van der Waals surface area contributed by atoms with Gasteiger partial charge in [0.1, 0.15) is 0 Å². The lowest BCUT2D eigenvalue weighted by atomic mass is 10.0. The molecule has 0 bridgehead atoms. The van der Waals surface area contributed by atoms with Crippen LogP contribution in [0.4, 0.5) is 4.79 Å². The van der Waals surface area contributed by atoms with Crippen molar-refractivity contribution in [3.8, 4) is 0 Å². The fourth-order valence-electron chi connectivity index (χ4n) is 3.10. The van der Waals surface area contributed by atoms with Gasteiger partial charge in [-0.25, -0.2) is 0 Å². The highest BCUT2D eigenvalue weighted by molar-refractivity contribution is 8.14. The van der Waals surface area contributed by atoms with Crippen LogP contribution < -0.4 is 5.32 Å². The summed E-state index contributed by atoms with van der Waals surface area (Å²) in [5, 5.41) is 3.01. The lowest BCUT2D eigenvalue weighted by Crippen LogP contribution is -2.47. The van der Waals surface area contributed by atoms with Crippen LogP contribution in [0.5, 0.6) is 0 Å². The maximum atomic E-state index is 12.7. The topological polar surface area (TPSA) is 69.7 Å². The number of carbonyl (C=O) groups excluding carboxylic acids is 3. The summed E-state index contributed by atoms with van der Waals surface area (Å²) in [5.74, 6) is 0.0382. The predicted octanol–water partition coefficient (Wildman–Crippen LogP) is 1.71. The number of amides is 3. The SMILES string of the molecule is CNC1CCCN(C(=O)c2cccc(CN3C(=O)CSC3=O)c2)C1. The van der Waals surface area contributed by atoms with E-state index in [4.69, 9.17) is 0 Å². The Kier molecular flexibility index (Phi) is 5.20. The Bertz CT molecular complexity index is 648. The van der Waals surface area contributed by atoms with Gasteiger partial charge in [-0.05, 0) is 37.6 Å². The molecule has 128 valence electrons. The van der Waals surface area contributed by atoms with Crippen LogP contribution in [0.15, 0.2) is 24.3 Å². The molecule has 1 unspecified atom stereocenters. The second-order valence-corrected chi connectivity index (χ2v) is 7.04. The molecule has 24 heavy (non-hydrogen) atoms. The van der Waals surface area contributed by atoms with E-state index in [1.807, 2.05) is 18.0 Å². The number of nitrogens with zero attached hydrogens (tertiary/aromatic N) is 2. The maximum absolute atomic E-state index is 12.7. The van der Waals surface area contributed by atoms with Crippen molar-refractivity contribution in [2.75, 3.05) is 25.9 Å². The van der Waals surface area contributed by atoms with E-state index in [0.717, 1.165) is 36.7 Å². The molecular weight excluding hydrogens is 326 g/mol. The van der Waals surface area contributed by atoms with Gasteiger partial charge >= 0.3 is 0 Å². The van der Waals surface area contributed by atoms with Gasteiger partial charge in [-0.1, -0.05) is 23.9 Å². The third kappa shape index (κ3) is 3.62. The van der Waals surface area contributed by atoms with Crippen LogP contribution in [-0.2, 0) is 11.3 Å². The minimum Gasteiger partial charge on any atom is -0.337 e. The van der Waals surface area contributed by atoms with Crippen LogP contribution in [0, 0.1) is 0 Å². The number of imide groups is 1. The van der Waals surface area contributed by atoms with Crippen LogP contribution in [0.3, 0.4) is 0 Å². The van der Waals surface area contributed by atoms with E-state index < -0.39 is 0 Å².